The third-order valence-electron chi connectivity index (χ3n) is 7.51. The van der Waals surface area contributed by atoms with Crippen molar-refractivity contribution >= 4 is 0 Å². The van der Waals surface area contributed by atoms with Crippen LogP contribution in [0.3, 0.4) is 0 Å². The van der Waals surface area contributed by atoms with E-state index in [-0.39, 0.29) is 7.43 Å². The summed E-state index contributed by atoms with van der Waals surface area (Å²) in [5.41, 5.74) is -0.856. The Balaban J connectivity index is 0. The van der Waals surface area contributed by atoms with Crippen LogP contribution in [0.1, 0.15) is 122 Å². The lowest BCUT2D eigenvalue weighted by molar-refractivity contribution is 0.0893. The van der Waals surface area contributed by atoms with Crippen LogP contribution in [0.5, 0.6) is 0 Å². The zero-order valence-electron chi connectivity index (χ0n) is 25.9. The molecule has 216 valence electrons. The molecule has 0 aromatic rings. The predicted molar refractivity (Wildman–Crippen MR) is 162 cm³/mol. The molecule has 36 heavy (non-hydrogen) atoms. The molecule has 3 fully saturated rings. The van der Waals surface area contributed by atoms with Gasteiger partial charge in [-0.05, 0) is 90.0 Å². The minimum absolute atomic E-state index is 0. The normalized spacial score (nSPS) is 24.6. The van der Waals surface area contributed by atoms with Gasteiger partial charge in [-0.15, -0.1) is 11.8 Å². The molecule has 3 heteroatoms. The van der Waals surface area contributed by atoms with Crippen molar-refractivity contribution in [2.75, 3.05) is 33.2 Å². The number of nitrogens with zero attached hydrogens (tertiary/aromatic N) is 2. The van der Waals surface area contributed by atoms with Crippen molar-refractivity contribution in [3.63, 3.8) is 0 Å². The minimum Gasteiger partial charge on any atom is -0.304 e. The summed E-state index contributed by atoms with van der Waals surface area (Å²) < 4.78 is 13.3. The van der Waals surface area contributed by atoms with E-state index >= 15 is 0 Å². The lowest BCUT2D eigenvalue weighted by Crippen LogP contribution is -2.47. The topological polar surface area (TPSA) is 6.48 Å². The number of piperazine rings is 1. The second kappa shape index (κ2) is 19.5. The Hall–Kier alpha value is -0.590. The second-order valence-electron chi connectivity index (χ2n) is 13.1. The van der Waals surface area contributed by atoms with Gasteiger partial charge >= 0.3 is 0 Å². The first-order valence-corrected chi connectivity index (χ1v) is 14.8. The van der Waals surface area contributed by atoms with E-state index < -0.39 is 5.67 Å². The molecule has 0 spiro atoms. The summed E-state index contributed by atoms with van der Waals surface area (Å²) in [6, 6.07) is 0.730. The molecular weight excluding hydrogens is 443 g/mol. The predicted octanol–water partition coefficient (Wildman–Crippen LogP) is 9.19. The van der Waals surface area contributed by atoms with Crippen LogP contribution in [-0.2, 0) is 0 Å². The van der Waals surface area contributed by atoms with Crippen LogP contribution in [0.4, 0.5) is 4.39 Å². The highest BCUT2D eigenvalue weighted by Crippen LogP contribution is 2.37. The van der Waals surface area contributed by atoms with Crippen LogP contribution in [-0.4, -0.2) is 54.7 Å². The minimum atomic E-state index is -0.856. The number of hydrogen-bond donors (Lipinski definition) is 0. The van der Waals surface area contributed by atoms with E-state index in [0.717, 1.165) is 55.4 Å². The Morgan fingerprint density at radius 2 is 1.03 bits per heavy atom. The molecule has 0 radical (unpaired) electrons. The Bertz CT molecular complexity index is 548. The van der Waals surface area contributed by atoms with Gasteiger partial charge in [0.05, 0.1) is 0 Å². The Morgan fingerprint density at radius 3 is 1.28 bits per heavy atom. The Kier molecular flexibility index (Phi) is 20.3. The number of alkyl halides is 1. The van der Waals surface area contributed by atoms with Gasteiger partial charge in [-0.2, -0.15) is 0 Å². The molecule has 0 aromatic carbocycles. The Labute approximate surface area is 228 Å². The molecule has 0 bridgehead atoms. The van der Waals surface area contributed by atoms with Crippen molar-refractivity contribution in [3.8, 4) is 11.8 Å². The van der Waals surface area contributed by atoms with Gasteiger partial charge in [0.1, 0.15) is 5.67 Å². The largest absolute Gasteiger partial charge is 0.304 e. The maximum atomic E-state index is 13.3. The summed E-state index contributed by atoms with van der Waals surface area (Å²) in [5, 5.41) is 0. The quantitative estimate of drug-likeness (QED) is 0.349. The van der Waals surface area contributed by atoms with Crippen molar-refractivity contribution in [1.82, 2.24) is 9.80 Å². The number of rotatable bonds is 3. The molecule has 1 saturated heterocycles. The monoisotopic (exact) mass is 511 g/mol. The first kappa shape index (κ1) is 37.6. The van der Waals surface area contributed by atoms with Gasteiger partial charge in [-0.1, -0.05) is 62.8 Å². The molecule has 1 heterocycles. The van der Waals surface area contributed by atoms with E-state index in [0.29, 0.717) is 11.8 Å². The fourth-order valence-electron chi connectivity index (χ4n) is 4.34. The van der Waals surface area contributed by atoms with Crippen molar-refractivity contribution < 1.29 is 4.39 Å². The van der Waals surface area contributed by atoms with E-state index in [2.05, 4.69) is 97.9 Å². The lowest BCUT2D eigenvalue weighted by atomic mass is 9.76. The van der Waals surface area contributed by atoms with Crippen molar-refractivity contribution in [1.29, 1.82) is 0 Å². The van der Waals surface area contributed by atoms with E-state index in [1.165, 1.54) is 39.0 Å². The lowest BCUT2D eigenvalue weighted by Gasteiger charge is -2.34. The van der Waals surface area contributed by atoms with Crippen LogP contribution in [0.2, 0.25) is 0 Å². The third kappa shape index (κ3) is 20.5. The average Bonchev–Trinajstić information content (AvgIpc) is 3.59. The molecule has 3 aliphatic rings. The van der Waals surface area contributed by atoms with E-state index in [4.69, 9.17) is 0 Å². The van der Waals surface area contributed by atoms with Crippen LogP contribution >= 0.6 is 0 Å². The molecular formula is C33H67FN2. The molecule has 0 atom stereocenters. The smallest absolute Gasteiger partial charge is 0.108 e. The van der Waals surface area contributed by atoms with Crippen LogP contribution in [0, 0.1) is 47.3 Å². The zero-order valence-corrected chi connectivity index (χ0v) is 25.9. The summed E-state index contributed by atoms with van der Waals surface area (Å²) in [7, 11) is 2.19. The van der Waals surface area contributed by atoms with Gasteiger partial charge in [0.25, 0.3) is 0 Å². The van der Waals surface area contributed by atoms with Gasteiger partial charge in [0.15, 0.2) is 0 Å². The summed E-state index contributed by atoms with van der Waals surface area (Å²) in [5.74, 6) is 10.8. The molecule has 2 saturated carbocycles. The standard InChI is InChI=1S/C10H19F.C8H18N2.C8H14.C6H12.CH4/c1-8(2)9-4-6-10(3,11)7-5-9;1-8(2)10-6-4-9(3)5-7-10;1-7(2)5-6-8(3)4;1-5(2)6-3-4-6;/h8-9H,4-7H2,1-3H3;8H,4-7H2,1-3H3;7-8H,1-4H3;5-6H,3-4H2,1-2H3;1H4. The molecule has 2 nitrogen and oxygen atoms in total. The van der Waals surface area contributed by atoms with Crippen LogP contribution in [0.15, 0.2) is 0 Å². The third-order valence-corrected chi connectivity index (χ3v) is 7.51. The molecule has 1 aliphatic heterocycles. The number of halogens is 1. The summed E-state index contributed by atoms with van der Waals surface area (Å²) in [4.78, 5) is 4.92. The second-order valence-corrected chi connectivity index (χ2v) is 13.1. The first-order chi connectivity index (χ1) is 16.1. The Morgan fingerprint density at radius 1 is 0.667 bits per heavy atom. The van der Waals surface area contributed by atoms with Crippen LogP contribution < -0.4 is 0 Å². The molecule has 0 unspecified atom stereocenters. The van der Waals surface area contributed by atoms with E-state index in [9.17, 15) is 4.39 Å². The van der Waals surface area contributed by atoms with Crippen LogP contribution in [0.25, 0.3) is 0 Å². The fraction of sp³-hybridized carbons (Fsp3) is 0.939. The maximum absolute atomic E-state index is 13.3. The highest BCUT2D eigenvalue weighted by molar-refractivity contribution is 5.03. The number of likely N-dealkylation sites (N-methyl/N-ethyl adjacent to an activating group) is 1. The van der Waals surface area contributed by atoms with Crippen molar-refractivity contribution in [3.05, 3.63) is 0 Å². The molecule has 0 N–H and O–H groups in total. The van der Waals surface area contributed by atoms with Crippen molar-refractivity contribution in [2.24, 2.45) is 35.5 Å². The number of hydrogen-bond acceptors (Lipinski definition) is 2. The highest BCUT2D eigenvalue weighted by atomic mass is 19.1. The molecule has 0 aromatic heterocycles. The summed E-state index contributed by atoms with van der Waals surface area (Å²) in [6.07, 6.45) is 6.72. The molecule has 0 amide bonds. The van der Waals surface area contributed by atoms with Gasteiger partial charge in [0, 0.05) is 44.1 Å². The molecule has 3 rings (SSSR count). The van der Waals surface area contributed by atoms with Gasteiger partial charge in [0.2, 0.25) is 0 Å². The maximum Gasteiger partial charge on any atom is 0.108 e. The summed E-state index contributed by atoms with van der Waals surface area (Å²) >= 11 is 0. The van der Waals surface area contributed by atoms with Gasteiger partial charge in [-0.25, -0.2) is 4.39 Å². The fourth-order valence-corrected chi connectivity index (χ4v) is 4.34. The van der Waals surface area contributed by atoms with E-state index in [1.807, 2.05) is 0 Å². The van der Waals surface area contributed by atoms with Gasteiger partial charge < -0.3 is 4.90 Å². The zero-order chi connectivity index (χ0) is 27.2. The SMILES string of the molecule is C.CC(C)C#CC(C)C.CC(C)C1CC1.CC(C)C1CCC(C)(F)CC1.CC(C)N1CCN(C)CC1. The molecule has 2 aliphatic carbocycles. The average molecular weight is 511 g/mol. The van der Waals surface area contributed by atoms with Crippen molar-refractivity contribution in [2.45, 2.75) is 134 Å². The van der Waals surface area contributed by atoms with Gasteiger partial charge in [-0.3, -0.25) is 4.90 Å². The first-order valence-electron chi connectivity index (χ1n) is 14.8. The summed E-state index contributed by atoms with van der Waals surface area (Å²) in [6.45, 7) is 28.8. The highest BCUT2D eigenvalue weighted by Gasteiger charge is 2.31. The van der Waals surface area contributed by atoms with E-state index in [1.54, 1.807) is 6.92 Å².